The summed E-state index contributed by atoms with van der Waals surface area (Å²) >= 11 is 0. The molecule has 1 aromatic rings. The maximum atomic E-state index is 12.1. The summed E-state index contributed by atoms with van der Waals surface area (Å²) in [5, 5.41) is 12.4. The second-order valence-corrected chi connectivity index (χ2v) is 7.12. The Bertz CT molecular complexity index is 526. The maximum Gasteiger partial charge on any atom is 0.317 e. The van der Waals surface area contributed by atoms with Gasteiger partial charge in [0.2, 0.25) is 0 Å². The molecule has 0 fully saturated rings. The molecular formula is C18H28N2O2. The van der Waals surface area contributed by atoms with Gasteiger partial charge in [0.1, 0.15) is 0 Å². The van der Waals surface area contributed by atoms with E-state index in [-0.39, 0.29) is 11.4 Å². The Hall–Kier alpha value is -1.55. The van der Waals surface area contributed by atoms with Crippen molar-refractivity contribution in [1.29, 1.82) is 0 Å². The van der Waals surface area contributed by atoms with Crippen LogP contribution in [0.2, 0.25) is 0 Å². The predicted molar refractivity (Wildman–Crippen MR) is 89.2 cm³/mol. The van der Waals surface area contributed by atoms with E-state index in [4.69, 9.17) is 0 Å². The second kappa shape index (κ2) is 6.69. The molecule has 0 aromatic heterocycles. The molecule has 2 unspecified atom stereocenters. The quantitative estimate of drug-likeness (QED) is 0.898. The van der Waals surface area contributed by atoms with Gasteiger partial charge in [-0.25, -0.2) is 4.79 Å². The molecule has 2 N–H and O–H groups in total. The number of urea groups is 1. The molecular weight excluding hydrogens is 276 g/mol. The molecule has 1 aliphatic carbocycles. The van der Waals surface area contributed by atoms with Crippen LogP contribution in [-0.4, -0.2) is 42.3 Å². The van der Waals surface area contributed by atoms with E-state index in [1.165, 1.54) is 16.0 Å². The average molecular weight is 304 g/mol. The first-order chi connectivity index (χ1) is 10.3. The minimum Gasteiger partial charge on any atom is -0.392 e. The molecule has 0 spiro atoms. The van der Waals surface area contributed by atoms with Crippen molar-refractivity contribution >= 4 is 6.03 Å². The fraction of sp³-hybridized carbons (Fsp3) is 0.611. The molecule has 1 aromatic carbocycles. The molecule has 2 atom stereocenters. The molecule has 0 saturated heterocycles. The zero-order valence-corrected chi connectivity index (χ0v) is 14.1. The number of amides is 2. The lowest BCUT2D eigenvalue weighted by molar-refractivity contribution is 0.143. The first-order valence-corrected chi connectivity index (χ1v) is 8.07. The smallest absolute Gasteiger partial charge is 0.317 e. The van der Waals surface area contributed by atoms with Crippen molar-refractivity contribution < 1.29 is 9.90 Å². The van der Waals surface area contributed by atoms with Crippen molar-refractivity contribution in [3.63, 3.8) is 0 Å². The Morgan fingerprint density at radius 2 is 2.14 bits per heavy atom. The highest BCUT2D eigenvalue weighted by Gasteiger charge is 2.32. The normalized spacial score (nSPS) is 20.9. The SMILES string of the molecule is CC(O)CN(C)C(=O)NCC1CCC(C)(C)c2ccccc21. The van der Waals surface area contributed by atoms with Gasteiger partial charge in [-0.1, -0.05) is 38.1 Å². The van der Waals surface area contributed by atoms with Crippen LogP contribution in [0.4, 0.5) is 4.79 Å². The van der Waals surface area contributed by atoms with Crippen LogP contribution in [0, 0.1) is 0 Å². The molecule has 22 heavy (non-hydrogen) atoms. The number of nitrogens with zero attached hydrogens (tertiary/aromatic N) is 1. The topological polar surface area (TPSA) is 52.6 Å². The van der Waals surface area contributed by atoms with Gasteiger partial charge in [-0.15, -0.1) is 0 Å². The summed E-state index contributed by atoms with van der Waals surface area (Å²) < 4.78 is 0. The highest BCUT2D eigenvalue weighted by molar-refractivity contribution is 5.74. The monoisotopic (exact) mass is 304 g/mol. The van der Waals surface area contributed by atoms with Crippen molar-refractivity contribution in [3.8, 4) is 0 Å². The third-order valence-corrected chi connectivity index (χ3v) is 4.63. The summed E-state index contributed by atoms with van der Waals surface area (Å²) in [6, 6.07) is 8.45. The number of likely N-dealkylation sites (N-methyl/N-ethyl adjacent to an activating group) is 1. The van der Waals surface area contributed by atoms with Gasteiger partial charge in [-0.3, -0.25) is 0 Å². The van der Waals surface area contributed by atoms with E-state index in [1.807, 2.05) is 0 Å². The van der Waals surface area contributed by atoms with Crippen LogP contribution in [0.3, 0.4) is 0 Å². The lowest BCUT2D eigenvalue weighted by Crippen LogP contribution is -2.42. The van der Waals surface area contributed by atoms with Gasteiger partial charge >= 0.3 is 6.03 Å². The molecule has 0 radical (unpaired) electrons. The molecule has 2 rings (SSSR count). The summed E-state index contributed by atoms with van der Waals surface area (Å²) in [5.74, 6) is 0.369. The summed E-state index contributed by atoms with van der Waals surface area (Å²) in [5.41, 5.74) is 2.97. The van der Waals surface area contributed by atoms with E-state index in [9.17, 15) is 9.90 Å². The van der Waals surface area contributed by atoms with E-state index in [0.29, 0.717) is 19.0 Å². The lowest BCUT2D eigenvalue weighted by Gasteiger charge is -2.37. The highest BCUT2D eigenvalue weighted by Crippen LogP contribution is 2.42. The summed E-state index contributed by atoms with van der Waals surface area (Å²) in [7, 11) is 1.71. The number of fused-ring (bicyclic) bond motifs is 1. The number of carbonyl (C=O) groups excluding carboxylic acids is 1. The minimum absolute atomic E-state index is 0.122. The van der Waals surface area contributed by atoms with Crippen molar-refractivity contribution in [2.75, 3.05) is 20.1 Å². The first-order valence-electron chi connectivity index (χ1n) is 8.07. The first kappa shape index (κ1) is 16.8. The summed E-state index contributed by atoms with van der Waals surface area (Å²) in [4.78, 5) is 13.6. The Kier molecular flexibility index (Phi) is 5.12. The Balaban J connectivity index is 2.01. The number of benzene rings is 1. The number of carbonyl (C=O) groups is 1. The average Bonchev–Trinajstić information content (AvgIpc) is 2.45. The Labute approximate surface area is 133 Å². The largest absolute Gasteiger partial charge is 0.392 e. The third kappa shape index (κ3) is 3.80. The lowest BCUT2D eigenvalue weighted by atomic mass is 9.69. The zero-order chi connectivity index (χ0) is 16.3. The number of aliphatic hydroxyl groups is 1. The van der Waals surface area contributed by atoms with E-state index in [1.54, 1.807) is 14.0 Å². The van der Waals surface area contributed by atoms with Gasteiger partial charge in [-0.2, -0.15) is 0 Å². The molecule has 0 aliphatic heterocycles. The number of nitrogens with one attached hydrogen (secondary N) is 1. The number of hydrogen-bond donors (Lipinski definition) is 2. The number of hydrogen-bond acceptors (Lipinski definition) is 2. The molecule has 4 nitrogen and oxygen atoms in total. The van der Waals surface area contributed by atoms with E-state index in [0.717, 1.165) is 12.8 Å². The Morgan fingerprint density at radius 1 is 1.45 bits per heavy atom. The van der Waals surface area contributed by atoms with Crippen LogP contribution >= 0.6 is 0 Å². The van der Waals surface area contributed by atoms with Crippen molar-refractivity contribution in [3.05, 3.63) is 35.4 Å². The van der Waals surface area contributed by atoms with Gasteiger partial charge in [0.25, 0.3) is 0 Å². The molecule has 0 bridgehead atoms. The van der Waals surface area contributed by atoms with E-state index < -0.39 is 6.10 Å². The van der Waals surface area contributed by atoms with Crippen LogP contribution in [0.25, 0.3) is 0 Å². The van der Waals surface area contributed by atoms with Gasteiger partial charge < -0.3 is 15.3 Å². The molecule has 122 valence electrons. The maximum absolute atomic E-state index is 12.1. The highest BCUT2D eigenvalue weighted by atomic mass is 16.3. The van der Waals surface area contributed by atoms with Crippen LogP contribution in [0.15, 0.2) is 24.3 Å². The second-order valence-electron chi connectivity index (χ2n) is 7.12. The number of aliphatic hydroxyl groups excluding tert-OH is 1. The standard InChI is InChI=1S/C18H28N2O2/c1-13(21)12-20(4)17(22)19-11-14-9-10-18(2,3)16-8-6-5-7-15(14)16/h5-8,13-14,21H,9-12H2,1-4H3,(H,19,22). The molecule has 0 saturated carbocycles. The molecule has 2 amide bonds. The van der Waals surface area contributed by atoms with E-state index in [2.05, 4.69) is 43.4 Å². The van der Waals surface area contributed by atoms with Gasteiger partial charge in [0.05, 0.1) is 6.10 Å². The van der Waals surface area contributed by atoms with Crippen molar-refractivity contribution in [1.82, 2.24) is 10.2 Å². The van der Waals surface area contributed by atoms with Gasteiger partial charge in [0.15, 0.2) is 0 Å². The molecule has 1 aliphatic rings. The summed E-state index contributed by atoms with van der Waals surface area (Å²) in [6.07, 6.45) is 1.71. The van der Waals surface area contributed by atoms with Crippen LogP contribution in [0.5, 0.6) is 0 Å². The van der Waals surface area contributed by atoms with Gasteiger partial charge in [0, 0.05) is 26.1 Å². The van der Waals surface area contributed by atoms with Gasteiger partial charge in [-0.05, 0) is 36.3 Å². The van der Waals surface area contributed by atoms with Crippen LogP contribution in [0.1, 0.15) is 50.7 Å². The fourth-order valence-corrected chi connectivity index (χ4v) is 3.33. The minimum atomic E-state index is -0.507. The van der Waals surface area contributed by atoms with Crippen molar-refractivity contribution in [2.45, 2.75) is 51.0 Å². The fourth-order valence-electron chi connectivity index (χ4n) is 3.33. The van der Waals surface area contributed by atoms with Crippen LogP contribution in [-0.2, 0) is 5.41 Å². The molecule has 4 heteroatoms. The molecule has 0 heterocycles. The van der Waals surface area contributed by atoms with Crippen LogP contribution < -0.4 is 5.32 Å². The predicted octanol–water partition coefficient (Wildman–Crippen LogP) is 2.86. The third-order valence-electron chi connectivity index (χ3n) is 4.63. The number of rotatable bonds is 4. The van der Waals surface area contributed by atoms with Crippen molar-refractivity contribution in [2.24, 2.45) is 0 Å². The Morgan fingerprint density at radius 3 is 2.82 bits per heavy atom. The van der Waals surface area contributed by atoms with E-state index >= 15 is 0 Å². The zero-order valence-electron chi connectivity index (χ0n) is 14.1. The summed E-state index contributed by atoms with van der Waals surface area (Å²) in [6.45, 7) is 7.26.